The Hall–Kier alpha value is -3.46. The highest BCUT2D eigenvalue weighted by atomic mass is 32.1. The summed E-state index contributed by atoms with van der Waals surface area (Å²) in [6.07, 6.45) is 1.77. The lowest BCUT2D eigenvalue weighted by atomic mass is 10.1. The average molecular weight is 397 g/mol. The third-order valence-electron chi connectivity index (χ3n) is 4.20. The molecule has 4 rings (SSSR count). The minimum absolute atomic E-state index is 0.0126. The van der Waals surface area contributed by atoms with Crippen molar-refractivity contribution in [3.8, 4) is 11.5 Å². The van der Waals surface area contributed by atoms with Crippen LogP contribution in [0.2, 0.25) is 0 Å². The number of aromatic nitrogens is 1. The Morgan fingerprint density at radius 1 is 1.29 bits per heavy atom. The molecule has 1 aliphatic heterocycles. The van der Waals surface area contributed by atoms with E-state index in [0.29, 0.717) is 28.4 Å². The number of carbonyl (C=O) groups excluding carboxylic acids is 1. The first-order valence-electron chi connectivity index (χ1n) is 8.40. The van der Waals surface area contributed by atoms with Gasteiger partial charge in [-0.15, -0.1) is 6.58 Å². The van der Waals surface area contributed by atoms with Crippen LogP contribution in [0.1, 0.15) is 5.56 Å². The van der Waals surface area contributed by atoms with Crippen LogP contribution in [0.5, 0.6) is 11.5 Å². The molecule has 2 heterocycles. The van der Waals surface area contributed by atoms with Gasteiger partial charge in [0.25, 0.3) is 11.6 Å². The van der Waals surface area contributed by atoms with E-state index < -0.39 is 4.92 Å². The summed E-state index contributed by atoms with van der Waals surface area (Å²) in [5.41, 5.74) is 1.40. The van der Waals surface area contributed by atoms with E-state index in [1.807, 2.05) is 0 Å². The van der Waals surface area contributed by atoms with Gasteiger partial charge in [-0.1, -0.05) is 23.5 Å². The van der Waals surface area contributed by atoms with Crippen molar-refractivity contribution < 1.29 is 19.2 Å². The molecule has 0 saturated heterocycles. The van der Waals surface area contributed by atoms with Gasteiger partial charge in [0.1, 0.15) is 0 Å². The molecule has 28 heavy (non-hydrogen) atoms. The number of nitro groups is 1. The van der Waals surface area contributed by atoms with E-state index >= 15 is 0 Å². The third kappa shape index (κ3) is 3.39. The predicted molar refractivity (Wildman–Crippen MR) is 104 cm³/mol. The van der Waals surface area contributed by atoms with Crippen LogP contribution in [0, 0.1) is 10.1 Å². The zero-order chi connectivity index (χ0) is 19.7. The van der Waals surface area contributed by atoms with Gasteiger partial charge in [0, 0.05) is 18.7 Å². The molecule has 0 fully saturated rings. The lowest BCUT2D eigenvalue weighted by molar-refractivity contribution is -0.384. The van der Waals surface area contributed by atoms with E-state index in [1.165, 1.54) is 23.5 Å². The molecule has 2 aromatic carbocycles. The summed E-state index contributed by atoms with van der Waals surface area (Å²) in [7, 11) is 0. The molecule has 0 saturated carbocycles. The van der Waals surface area contributed by atoms with Gasteiger partial charge in [0.05, 0.1) is 21.6 Å². The Morgan fingerprint density at radius 3 is 2.89 bits per heavy atom. The van der Waals surface area contributed by atoms with E-state index in [2.05, 4.69) is 11.6 Å². The molecular weight excluding hydrogens is 382 g/mol. The number of carbonyl (C=O) groups is 1. The van der Waals surface area contributed by atoms with Gasteiger partial charge >= 0.3 is 0 Å². The quantitative estimate of drug-likeness (QED) is 0.374. The summed E-state index contributed by atoms with van der Waals surface area (Å²) in [5.74, 6) is 0.946. The molecule has 3 aromatic rings. The number of amides is 1. The van der Waals surface area contributed by atoms with Crippen LogP contribution in [-0.4, -0.2) is 22.2 Å². The maximum atomic E-state index is 12.5. The predicted octanol–water partition coefficient (Wildman–Crippen LogP) is 3.20. The van der Waals surface area contributed by atoms with Crippen LogP contribution in [-0.2, 0) is 17.8 Å². The highest BCUT2D eigenvalue weighted by molar-refractivity contribution is 7.16. The van der Waals surface area contributed by atoms with Crippen molar-refractivity contribution in [2.24, 2.45) is 4.99 Å². The van der Waals surface area contributed by atoms with Crippen LogP contribution in [0.25, 0.3) is 10.2 Å². The van der Waals surface area contributed by atoms with Gasteiger partial charge in [-0.2, -0.15) is 4.99 Å². The molecule has 1 amide bonds. The van der Waals surface area contributed by atoms with E-state index in [1.54, 1.807) is 34.9 Å². The standard InChI is InChI=1S/C19H15N3O5S/c1-2-7-21-14-10-13(22(24)25)4-6-17(14)28-19(21)20-18(23)9-12-3-5-15-16(8-12)27-11-26-15/h2-6,8,10H,1,7,9,11H2. The molecule has 0 radical (unpaired) electrons. The molecule has 1 aliphatic rings. The first kappa shape index (κ1) is 17.9. The monoisotopic (exact) mass is 397 g/mol. The van der Waals surface area contributed by atoms with Crippen molar-refractivity contribution >= 4 is 33.1 Å². The van der Waals surface area contributed by atoms with Crippen LogP contribution in [0.4, 0.5) is 5.69 Å². The van der Waals surface area contributed by atoms with Gasteiger partial charge in [-0.05, 0) is 23.8 Å². The SMILES string of the molecule is C=CCn1c(=NC(=O)Cc2ccc3c(c2)OCO3)sc2ccc([N+](=O)[O-])cc21. The number of hydrogen-bond acceptors (Lipinski definition) is 6. The molecule has 0 N–H and O–H groups in total. The number of nitrogens with zero attached hydrogens (tertiary/aromatic N) is 3. The van der Waals surface area contributed by atoms with Crippen LogP contribution in [0.3, 0.4) is 0 Å². The number of allylic oxidation sites excluding steroid dienone is 1. The smallest absolute Gasteiger partial charge is 0.271 e. The number of non-ortho nitro benzene ring substituents is 1. The van der Waals surface area contributed by atoms with E-state index in [0.717, 1.165) is 10.3 Å². The minimum Gasteiger partial charge on any atom is -0.454 e. The van der Waals surface area contributed by atoms with Crippen molar-refractivity contribution in [3.63, 3.8) is 0 Å². The van der Waals surface area contributed by atoms with Crippen LogP contribution in [0.15, 0.2) is 54.0 Å². The number of fused-ring (bicyclic) bond motifs is 2. The highest BCUT2D eigenvalue weighted by Gasteiger charge is 2.15. The lowest BCUT2D eigenvalue weighted by Crippen LogP contribution is -2.17. The number of benzene rings is 2. The summed E-state index contributed by atoms with van der Waals surface area (Å²) < 4.78 is 13.2. The van der Waals surface area contributed by atoms with Gasteiger partial charge in [0.15, 0.2) is 16.3 Å². The third-order valence-corrected chi connectivity index (χ3v) is 5.26. The van der Waals surface area contributed by atoms with Crippen LogP contribution >= 0.6 is 11.3 Å². The Bertz CT molecular complexity index is 1180. The lowest BCUT2D eigenvalue weighted by Gasteiger charge is -2.02. The van der Waals surface area contributed by atoms with Gasteiger partial charge in [-0.25, -0.2) is 0 Å². The number of ether oxygens (including phenoxy) is 2. The number of hydrogen-bond donors (Lipinski definition) is 0. The van der Waals surface area contributed by atoms with Gasteiger partial charge < -0.3 is 14.0 Å². The average Bonchev–Trinajstić information content (AvgIpc) is 3.26. The van der Waals surface area contributed by atoms with Crippen molar-refractivity contribution in [2.75, 3.05) is 6.79 Å². The van der Waals surface area contributed by atoms with Crippen molar-refractivity contribution in [3.05, 3.63) is 69.5 Å². The molecule has 1 aromatic heterocycles. The number of thiazole rings is 1. The van der Waals surface area contributed by atoms with Gasteiger partial charge in [-0.3, -0.25) is 14.9 Å². The molecule has 0 aliphatic carbocycles. The largest absolute Gasteiger partial charge is 0.454 e. The Morgan fingerprint density at radius 2 is 2.11 bits per heavy atom. The minimum atomic E-state index is -0.447. The normalized spacial score (nSPS) is 13.1. The van der Waals surface area contributed by atoms with Crippen LogP contribution < -0.4 is 14.3 Å². The van der Waals surface area contributed by atoms with E-state index in [4.69, 9.17) is 9.47 Å². The second kappa shape index (κ2) is 7.28. The maximum Gasteiger partial charge on any atom is 0.271 e. The summed E-state index contributed by atoms with van der Waals surface area (Å²) in [5, 5.41) is 11.1. The van der Waals surface area contributed by atoms with Gasteiger partial charge in [0.2, 0.25) is 6.79 Å². The molecule has 0 bridgehead atoms. The second-order valence-corrected chi connectivity index (χ2v) is 7.07. The molecule has 9 heteroatoms. The topological polar surface area (TPSA) is 96.0 Å². The first-order chi connectivity index (χ1) is 13.5. The maximum absolute atomic E-state index is 12.5. The summed E-state index contributed by atoms with van der Waals surface area (Å²) in [4.78, 5) is 27.8. The van der Waals surface area contributed by atoms with E-state index in [-0.39, 0.29) is 24.8 Å². The fourth-order valence-electron chi connectivity index (χ4n) is 2.93. The Labute approximate surface area is 163 Å². The number of rotatable bonds is 5. The fourth-order valence-corrected chi connectivity index (χ4v) is 3.97. The fraction of sp³-hybridized carbons (Fsp3) is 0.158. The zero-order valence-corrected chi connectivity index (χ0v) is 15.5. The summed E-state index contributed by atoms with van der Waals surface area (Å²) in [6, 6.07) is 9.92. The zero-order valence-electron chi connectivity index (χ0n) is 14.7. The van der Waals surface area contributed by atoms with E-state index in [9.17, 15) is 14.9 Å². The molecule has 142 valence electrons. The molecule has 0 spiro atoms. The molecule has 0 unspecified atom stereocenters. The molecule has 0 atom stereocenters. The Balaban J connectivity index is 1.69. The molecular formula is C19H15N3O5S. The summed E-state index contributed by atoms with van der Waals surface area (Å²) in [6.45, 7) is 4.28. The summed E-state index contributed by atoms with van der Waals surface area (Å²) >= 11 is 1.30. The Kier molecular flexibility index (Phi) is 4.66. The highest BCUT2D eigenvalue weighted by Crippen LogP contribution is 2.32. The number of nitro benzene ring substituents is 1. The molecule has 8 nitrogen and oxygen atoms in total. The van der Waals surface area contributed by atoms with Crippen molar-refractivity contribution in [1.29, 1.82) is 0 Å². The van der Waals surface area contributed by atoms with Crippen molar-refractivity contribution in [2.45, 2.75) is 13.0 Å². The second-order valence-electron chi connectivity index (χ2n) is 6.06. The van der Waals surface area contributed by atoms with Crippen molar-refractivity contribution in [1.82, 2.24) is 4.57 Å². The first-order valence-corrected chi connectivity index (χ1v) is 9.21.